The second-order valence-corrected chi connectivity index (χ2v) is 8.33. The Bertz CT molecular complexity index is 939. The summed E-state index contributed by atoms with van der Waals surface area (Å²) in [5.74, 6) is 0. The average Bonchev–Trinajstić information content (AvgIpc) is 3.16. The lowest BCUT2D eigenvalue weighted by Crippen LogP contribution is -2.28. The number of aromatic nitrogens is 1. The van der Waals surface area contributed by atoms with Gasteiger partial charge in [-0.2, -0.15) is 4.57 Å². The van der Waals surface area contributed by atoms with Crippen molar-refractivity contribution in [2.75, 3.05) is 11.4 Å². The van der Waals surface area contributed by atoms with Crippen LogP contribution in [0.25, 0.3) is 16.5 Å². The van der Waals surface area contributed by atoms with Crippen LogP contribution in [-0.4, -0.2) is 6.54 Å². The summed E-state index contributed by atoms with van der Waals surface area (Å²) in [6.07, 6.45) is 4.54. The minimum Gasteiger partial charge on any atom is -0.335 e. The number of rotatable bonds is 3. The number of anilines is 1. The van der Waals surface area contributed by atoms with Gasteiger partial charge in [-0.3, -0.25) is 0 Å². The van der Waals surface area contributed by atoms with E-state index in [1.165, 1.54) is 36.6 Å². The molecule has 0 radical (unpaired) electrons. The Morgan fingerprint density at radius 3 is 2.60 bits per heavy atom. The van der Waals surface area contributed by atoms with Crippen LogP contribution < -0.4 is 9.47 Å². The predicted molar refractivity (Wildman–Crippen MR) is 109 cm³/mol. The number of hydrogen-bond acceptors (Lipinski definition) is 3. The maximum absolute atomic E-state index is 2.39. The van der Waals surface area contributed by atoms with Crippen molar-refractivity contribution in [2.24, 2.45) is 7.05 Å². The Morgan fingerprint density at radius 1 is 1.08 bits per heavy atom. The number of para-hydroxylation sites is 1. The first kappa shape index (κ1) is 16.4. The van der Waals surface area contributed by atoms with E-state index >= 15 is 0 Å². The highest BCUT2D eigenvalue weighted by atomic mass is 32.2. The first-order valence-electron chi connectivity index (χ1n) is 8.48. The van der Waals surface area contributed by atoms with Gasteiger partial charge in [0.1, 0.15) is 11.9 Å². The van der Waals surface area contributed by atoms with E-state index in [4.69, 9.17) is 0 Å². The third-order valence-corrected chi connectivity index (χ3v) is 6.70. The second kappa shape index (κ2) is 6.70. The molecule has 25 heavy (non-hydrogen) atoms. The van der Waals surface area contributed by atoms with E-state index < -0.39 is 0 Å². The standard InChI is InChI=1S/C21H21N2S2/c1-4-23-17-7-5-6-8-18(17)24-21(23)13-20-22(3)14-19(25-20)16-11-9-15(2)10-12-16/h5-14H,4H2,1-3H3/q+1. The lowest BCUT2D eigenvalue weighted by atomic mass is 10.1. The van der Waals surface area contributed by atoms with Crippen LogP contribution in [0, 0.1) is 6.92 Å². The van der Waals surface area contributed by atoms with Crippen molar-refractivity contribution in [1.29, 1.82) is 0 Å². The van der Waals surface area contributed by atoms with Crippen LogP contribution in [0.1, 0.15) is 17.5 Å². The number of thiazole rings is 1. The highest BCUT2D eigenvalue weighted by Crippen LogP contribution is 2.46. The molecule has 4 rings (SSSR count). The molecule has 0 fully saturated rings. The van der Waals surface area contributed by atoms with Crippen molar-refractivity contribution in [3.63, 3.8) is 0 Å². The third-order valence-electron chi connectivity index (χ3n) is 4.41. The minimum absolute atomic E-state index is 0.982. The molecule has 4 heteroatoms. The molecule has 0 saturated heterocycles. The summed E-state index contributed by atoms with van der Waals surface area (Å²) in [4.78, 5) is 5.04. The van der Waals surface area contributed by atoms with Gasteiger partial charge in [0.15, 0.2) is 6.20 Å². The molecule has 0 unspecified atom stereocenters. The summed E-state index contributed by atoms with van der Waals surface area (Å²) in [6, 6.07) is 17.4. The van der Waals surface area contributed by atoms with Crippen molar-refractivity contribution in [3.05, 3.63) is 70.3 Å². The van der Waals surface area contributed by atoms with Crippen molar-refractivity contribution >= 4 is 34.9 Å². The summed E-state index contributed by atoms with van der Waals surface area (Å²) < 4.78 is 2.23. The number of hydrogen-bond donors (Lipinski definition) is 0. The number of nitrogens with zero attached hydrogens (tertiary/aromatic N) is 2. The van der Waals surface area contributed by atoms with Crippen LogP contribution in [0.3, 0.4) is 0 Å². The van der Waals surface area contributed by atoms with Gasteiger partial charge in [0.25, 0.3) is 5.01 Å². The second-order valence-electron chi connectivity index (χ2n) is 6.21. The van der Waals surface area contributed by atoms with Crippen LogP contribution in [0.15, 0.2) is 64.7 Å². The van der Waals surface area contributed by atoms with Crippen LogP contribution in [0.2, 0.25) is 0 Å². The lowest BCUT2D eigenvalue weighted by Gasteiger charge is -2.17. The lowest BCUT2D eigenvalue weighted by molar-refractivity contribution is -0.667. The zero-order valence-electron chi connectivity index (χ0n) is 14.7. The van der Waals surface area contributed by atoms with E-state index in [0.29, 0.717) is 0 Å². The summed E-state index contributed by atoms with van der Waals surface area (Å²) in [5, 5.41) is 2.57. The fourth-order valence-corrected chi connectivity index (χ4v) is 5.32. The molecule has 2 heterocycles. The molecule has 2 aromatic carbocycles. The highest BCUT2D eigenvalue weighted by Gasteiger charge is 2.25. The molecule has 0 bridgehead atoms. The Kier molecular flexibility index (Phi) is 4.40. The van der Waals surface area contributed by atoms with Crippen LogP contribution >= 0.6 is 23.1 Å². The fraction of sp³-hybridized carbons (Fsp3) is 0.190. The van der Waals surface area contributed by atoms with E-state index in [1.807, 2.05) is 23.1 Å². The Labute approximate surface area is 157 Å². The third kappa shape index (κ3) is 3.12. The molecule has 0 amide bonds. The van der Waals surface area contributed by atoms with Crippen LogP contribution in [0.5, 0.6) is 0 Å². The van der Waals surface area contributed by atoms with Crippen molar-refractivity contribution in [1.82, 2.24) is 0 Å². The van der Waals surface area contributed by atoms with Crippen LogP contribution in [-0.2, 0) is 7.05 Å². The summed E-state index contributed by atoms with van der Waals surface area (Å²) in [6.45, 7) is 5.32. The van der Waals surface area contributed by atoms with Crippen molar-refractivity contribution in [3.8, 4) is 10.4 Å². The number of aryl methyl sites for hydroxylation is 2. The first-order chi connectivity index (χ1) is 12.2. The summed E-state index contributed by atoms with van der Waals surface area (Å²) in [7, 11) is 2.13. The molecule has 0 saturated carbocycles. The van der Waals surface area contributed by atoms with E-state index in [1.54, 1.807) is 0 Å². The maximum atomic E-state index is 2.39. The predicted octanol–water partition coefficient (Wildman–Crippen LogP) is 5.48. The highest BCUT2D eigenvalue weighted by molar-refractivity contribution is 8.03. The minimum atomic E-state index is 0.982. The molecular formula is C21H21N2S2+. The van der Waals surface area contributed by atoms with E-state index in [0.717, 1.165) is 6.54 Å². The molecule has 126 valence electrons. The van der Waals surface area contributed by atoms with Gasteiger partial charge in [-0.15, -0.1) is 0 Å². The Hall–Kier alpha value is -2.04. The largest absolute Gasteiger partial charge is 0.335 e. The molecule has 1 aromatic heterocycles. The molecule has 0 atom stereocenters. The number of fused-ring (bicyclic) bond motifs is 1. The van der Waals surface area contributed by atoms with Gasteiger partial charge in [0.2, 0.25) is 0 Å². The Morgan fingerprint density at radius 2 is 1.84 bits per heavy atom. The quantitative estimate of drug-likeness (QED) is 0.568. The van der Waals surface area contributed by atoms with Crippen LogP contribution in [0.4, 0.5) is 5.69 Å². The van der Waals surface area contributed by atoms with Gasteiger partial charge < -0.3 is 4.90 Å². The smallest absolute Gasteiger partial charge is 0.264 e. The number of thioether (sulfide) groups is 1. The maximum Gasteiger partial charge on any atom is 0.264 e. The van der Waals surface area contributed by atoms with Gasteiger partial charge >= 0.3 is 0 Å². The van der Waals surface area contributed by atoms with Crippen molar-refractivity contribution in [2.45, 2.75) is 18.7 Å². The SMILES string of the molecule is CCN1/C(=C\c2sc(-c3ccc(C)cc3)c[n+]2C)Sc2ccccc21. The fourth-order valence-electron chi connectivity index (χ4n) is 3.03. The molecule has 1 aliphatic heterocycles. The monoisotopic (exact) mass is 365 g/mol. The number of benzene rings is 2. The van der Waals surface area contributed by atoms with Gasteiger partial charge in [0.05, 0.1) is 16.8 Å². The topological polar surface area (TPSA) is 7.12 Å². The van der Waals surface area contributed by atoms with Gasteiger partial charge in [-0.25, -0.2) is 0 Å². The molecule has 0 spiro atoms. The molecule has 2 nitrogen and oxygen atoms in total. The van der Waals surface area contributed by atoms with E-state index in [2.05, 4.69) is 91.2 Å². The normalized spacial score (nSPS) is 15.0. The molecule has 1 aliphatic rings. The van der Waals surface area contributed by atoms with Crippen molar-refractivity contribution < 1.29 is 4.57 Å². The van der Waals surface area contributed by atoms with E-state index in [9.17, 15) is 0 Å². The first-order valence-corrected chi connectivity index (χ1v) is 10.1. The summed E-state index contributed by atoms with van der Waals surface area (Å²) in [5.41, 5.74) is 3.90. The zero-order chi connectivity index (χ0) is 17.4. The molecule has 0 N–H and O–H groups in total. The molecular weight excluding hydrogens is 344 g/mol. The average molecular weight is 366 g/mol. The Balaban J connectivity index is 1.69. The van der Waals surface area contributed by atoms with E-state index in [-0.39, 0.29) is 0 Å². The summed E-state index contributed by atoms with van der Waals surface area (Å²) >= 11 is 3.70. The van der Waals surface area contributed by atoms with Gasteiger partial charge in [0, 0.05) is 11.4 Å². The molecule has 0 aliphatic carbocycles. The zero-order valence-corrected chi connectivity index (χ0v) is 16.3. The van der Waals surface area contributed by atoms with Gasteiger partial charge in [-0.05, 0) is 31.5 Å². The van der Waals surface area contributed by atoms with Gasteiger partial charge in [-0.1, -0.05) is 65.1 Å². The molecule has 3 aromatic rings.